The molecular formula is C23H23N5O3. The molecule has 0 bridgehead atoms. The molecule has 1 aromatic carbocycles. The summed E-state index contributed by atoms with van der Waals surface area (Å²) in [5.41, 5.74) is 4.97. The van der Waals surface area contributed by atoms with E-state index in [2.05, 4.69) is 21.4 Å². The summed E-state index contributed by atoms with van der Waals surface area (Å²) in [6.45, 7) is 5.70. The first-order valence-corrected chi connectivity index (χ1v) is 10.3. The zero-order valence-electron chi connectivity index (χ0n) is 17.6. The number of rotatable bonds is 4. The molecule has 4 heterocycles. The normalized spacial score (nSPS) is 19.2. The second-order valence-corrected chi connectivity index (χ2v) is 8.05. The van der Waals surface area contributed by atoms with Gasteiger partial charge in [-0.25, -0.2) is 14.8 Å². The molecule has 0 radical (unpaired) electrons. The van der Waals surface area contributed by atoms with Gasteiger partial charge >= 0.3 is 6.09 Å². The number of benzene rings is 1. The third kappa shape index (κ3) is 3.34. The monoisotopic (exact) mass is 417 g/mol. The topological polar surface area (TPSA) is 89.4 Å². The number of nitrogens with one attached hydrogen (secondary N) is 1. The number of carbonyl (C=O) groups excluding carboxylic acids is 2. The summed E-state index contributed by atoms with van der Waals surface area (Å²) in [7, 11) is 0. The number of fused-ring (bicyclic) bond motifs is 3. The maximum atomic E-state index is 12.4. The fraction of sp³-hybridized carbons (Fsp3) is 0.304. The molecule has 8 heteroatoms. The van der Waals surface area contributed by atoms with Gasteiger partial charge in [-0.3, -0.25) is 14.3 Å². The highest BCUT2D eigenvalue weighted by Crippen LogP contribution is 2.40. The van der Waals surface area contributed by atoms with E-state index in [0.29, 0.717) is 13.0 Å². The quantitative estimate of drug-likeness (QED) is 0.705. The van der Waals surface area contributed by atoms with E-state index in [0.717, 1.165) is 39.7 Å². The van der Waals surface area contributed by atoms with Crippen molar-refractivity contribution in [3.05, 3.63) is 59.8 Å². The minimum atomic E-state index is -0.358. The van der Waals surface area contributed by atoms with Crippen LogP contribution in [-0.2, 0) is 16.0 Å². The number of hydrogen-bond donors (Lipinski definition) is 1. The van der Waals surface area contributed by atoms with Crippen molar-refractivity contribution in [3.63, 3.8) is 0 Å². The molecule has 31 heavy (non-hydrogen) atoms. The molecule has 3 aromatic rings. The number of aromatic nitrogens is 3. The van der Waals surface area contributed by atoms with Gasteiger partial charge in [0.15, 0.2) is 0 Å². The van der Waals surface area contributed by atoms with Gasteiger partial charge in [0.05, 0.1) is 24.0 Å². The van der Waals surface area contributed by atoms with Crippen molar-refractivity contribution in [3.8, 4) is 16.9 Å². The van der Waals surface area contributed by atoms with Gasteiger partial charge in [0, 0.05) is 24.9 Å². The third-order valence-electron chi connectivity index (χ3n) is 5.86. The predicted octanol–water partition coefficient (Wildman–Crippen LogP) is 2.94. The molecule has 2 aromatic heterocycles. The van der Waals surface area contributed by atoms with E-state index in [4.69, 9.17) is 4.74 Å². The van der Waals surface area contributed by atoms with Gasteiger partial charge in [-0.15, -0.1) is 0 Å². The van der Waals surface area contributed by atoms with E-state index in [1.54, 1.807) is 4.90 Å². The molecule has 5 rings (SSSR count). The molecular weight excluding hydrogens is 394 g/mol. The van der Waals surface area contributed by atoms with Crippen LogP contribution in [0.4, 0.5) is 10.5 Å². The average Bonchev–Trinajstić information content (AvgIpc) is 3.38. The number of amides is 2. The van der Waals surface area contributed by atoms with Crippen molar-refractivity contribution in [2.45, 2.75) is 39.3 Å². The number of nitrogens with zero attached hydrogens (tertiary/aromatic N) is 4. The van der Waals surface area contributed by atoms with E-state index in [9.17, 15) is 9.59 Å². The minimum Gasteiger partial charge on any atom is -0.442 e. The zero-order chi connectivity index (χ0) is 21.7. The molecule has 0 unspecified atom stereocenters. The largest absolute Gasteiger partial charge is 0.442 e. The summed E-state index contributed by atoms with van der Waals surface area (Å²) in [5.74, 6) is 1.59. The van der Waals surface area contributed by atoms with Crippen molar-refractivity contribution in [2.24, 2.45) is 0 Å². The lowest BCUT2D eigenvalue weighted by Crippen LogP contribution is -2.40. The first-order valence-electron chi connectivity index (χ1n) is 10.3. The van der Waals surface area contributed by atoms with Gasteiger partial charge in [-0.1, -0.05) is 6.07 Å². The Balaban J connectivity index is 1.39. The van der Waals surface area contributed by atoms with Crippen molar-refractivity contribution in [2.75, 3.05) is 11.4 Å². The minimum absolute atomic E-state index is 0.0995. The molecule has 2 atom stereocenters. The van der Waals surface area contributed by atoms with Crippen LogP contribution in [0, 0.1) is 13.8 Å². The van der Waals surface area contributed by atoms with Crippen LogP contribution in [0.5, 0.6) is 0 Å². The Kier molecular flexibility index (Phi) is 4.50. The van der Waals surface area contributed by atoms with Gasteiger partial charge in [-0.2, -0.15) is 0 Å². The first-order chi connectivity index (χ1) is 14.9. The number of imidazole rings is 1. The molecule has 158 valence electrons. The molecule has 0 saturated carbocycles. The summed E-state index contributed by atoms with van der Waals surface area (Å²) >= 11 is 0. The van der Waals surface area contributed by atoms with Crippen molar-refractivity contribution < 1.29 is 14.3 Å². The summed E-state index contributed by atoms with van der Waals surface area (Å²) in [6, 6.07) is 10.00. The summed E-state index contributed by atoms with van der Waals surface area (Å²) in [6.07, 6.45) is 3.81. The number of carbonyl (C=O) groups is 2. The fourth-order valence-electron chi connectivity index (χ4n) is 4.43. The van der Waals surface area contributed by atoms with Crippen LogP contribution in [0.25, 0.3) is 16.9 Å². The smallest absolute Gasteiger partial charge is 0.415 e. The number of anilines is 1. The van der Waals surface area contributed by atoms with Crippen LogP contribution in [0.1, 0.15) is 24.0 Å². The van der Waals surface area contributed by atoms with Crippen molar-refractivity contribution in [1.82, 2.24) is 19.9 Å². The zero-order valence-corrected chi connectivity index (χ0v) is 17.6. The van der Waals surface area contributed by atoms with E-state index in [1.807, 2.05) is 55.1 Å². The van der Waals surface area contributed by atoms with Crippen LogP contribution in [0.3, 0.4) is 0 Å². The van der Waals surface area contributed by atoms with Crippen molar-refractivity contribution >= 4 is 17.7 Å². The highest BCUT2D eigenvalue weighted by Gasteiger charge is 2.47. The first kappa shape index (κ1) is 19.3. The SMILES string of the molecule is CC(=O)NC[C@@H]1OC(=O)N2c3ccc(-c4ccc(-n5cc(C)nc5C)nc4)cc3C[C@@H]12. The maximum absolute atomic E-state index is 12.4. The van der Waals surface area contributed by atoms with Gasteiger partial charge in [0.1, 0.15) is 17.7 Å². The lowest BCUT2D eigenvalue weighted by molar-refractivity contribution is -0.119. The third-order valence-corrected chi connectivity index (χ3v) is 5.86. The lowest BCUT2D eigenvalue weighted by Gasteiger charge is -2.16. The Morgan fingerprint density at radius 1 is 1.23 bits per heavy atom. The van der Waals surface area contributed by atoms with Gasteiger partial charge in [0.25, 0.3) is 0 Å². The number of aryl methyl sites for hydroxylation is 2. The summed E-state index contributed by atoms with van der Waals surface area (Å²) in [4.78, 5) is 34.4. The summed E-state index contributed by atoms with van der Waals surface area (Å²) < 4.78 is 7.44. The second kappa shape index (κ2) is 7.23. The fourth-order valence-corrected chi connectivity index (χ4v) is 4.43. The van der Waals surface area contributed by atoms with Gasteiger partial charge < -0.3 is 10.1 Å². The summed E-state index contributed by atoms with van der Waals surface area (Å²) in [5, 5.41) is 2.75. The number of hydrogen-bond acceptors (Lipinski definition) is 5. The Bertz CT molecular complexity index is 1180. The molecule has 1 N–H and O–H groups in total. The average molecular weight is 417 g/mol. The van der Waals surface area contributed by atoms with Crippen LogP contribution in [0.2, 0.25) is 0 Å². The van der Waals surface area contributed by atoms with Crippen molar-refractivity contribution in [1.29, 1.82) is 0 Å². The van der Waals surface area contributed by atoms with E-state index in [-0.39, 0.29) is 24.1 Å². The Morgan fingerprint density at radius 3 is 2.71 bits per heavy atom. The highest BCUT2D eigenvalue weighted by atomic mass is 16.6. The molecule has 2 amide bonds. The molecule has 2 aliphatic heterocycles. The molecule has 8 nitrogen and oxygen atoms in total. The predicted molar refractivity (Wildman–Crippen MR) is 115 cm³/mol. The molecule has 1 fully saturated rings. The maximum Gasteiger partial charge on any atom is 0.415 e. The number of cyclic esters (lactones) is 1. The van der Waals surface area contributed by atoms with E-state index >= 15 is 0 Å². The van der Waals surface area contributed by atoms with Crippen LogP contribution >= 0.6 is 0 Å². The van der Waals surface area contributed by atoms with Gasteiger partial charge in [0.2, 0.25) is 5.91 Å². The lowest BCUT2D eigenvalue weighted by atomic mass is 10.0. The Hall–Kier alpha value is -3.68. The number of ether oxygens (including phenoxy) is 1. The van der Waals surface area contributed by atoms with Crippen LogP contribution in [-0.4, -0.2) is 45.2 Å². The van der Waals surface area contributed by atoms with Gasteiger partial charge in [-0.05, 0) is 55.7 Å². The molecule has 1 saturated heterocycles. The van der Waals surface area contributed by atoms with Crippen LogP contribution < -0.4 is 10.2 Å². The van der Waals surface area contributed by atoms with Crippen LogP contribution in [0.15, 0.2) is 42.7 Å². The Morgan fingerprint density at radius 2 is 2.03 bits per heavy atom. The molecule has 2 aliphatic rings. The highest BCUT2D eigenvalue weighted by molar-refractivity contribution is 5.94. The second-order valence-electron chi connectivity index (χ2n) is 8.05. The number of pyridine rings is 1. The van der Waals surface area contributed by atoms with E-state index in [1.165, 1.54) is 6.92 Å². The standard InChI is InChI=1S/C23H23N5O3/c1-13-12-27(14(2)26-13)22-7-5-17(10-25-22)16-4-6-19-18(8-16)9-20-21(11-24-15(3)29)31-23(30)28(19)20/h4-8,10,12,20-21H,9,11H2,1-3H3,(H,24,29)/t20-,21-/m0/s1. The molecule has 0 aliphatic carbocycles. The molecule has 0 spiro atoms. The van der Waals surface area contributed by atoms with E-state index < -0.39 is 0 Å². The Labute approximate surface area is 179 Å².